The van der Waals surface area contributed by atoms with Crippen molar-refractivity contribution in [2.45, 2.75) is 49.5 Å². The fourth-order valence-electron chi connectivity index (χ4n) is 4.68. The monoisotopic (exact) mass is 762 g/mol. The highest BCUT2D eigenvalue weighted by Gasteiger charge is 2.67. The van der Waals surface area contributed by atoms with E-state index >= 15 is 4.39 Å². The second kappa shape index (κ2) is 15.0. The van der Waals surface area contributed by atoms with Gasteiger partial charge in [0.05, 0.1) is 32.2 Å². The highest BCUT2D eigenvalue weighted by Crippen LogP contribution is 2.65. The van der Waals surface area contributed by atoms with Crippen LogP contribution in [-0.4, -0.2) is 40.3 Å². The lowest BCUT2D eigenvalue weighted by molar-refractivity contribution is -0.117. The smallest absolute Gasteiger partial charge is 0.407 e. The average molecular weight is 765 g/mol. The first kappa shape index (κ1) is 37.5. The molecule has 0 unspecified atom stereocenters. The average Bonchev–Trinajstić information content (AvgIpc) is 3.58. The molecule has 1 aliphatic rings. The standard InChI is InChI=1S/C32H29Cl5F2N4O5/c1-31(2,3)48-30(47)40-12-4-5-23(44)43-27-21(38)10-11-22(26(27)39)42-28(45)17-14-16(7-9-18(17)33)41-29(46)25-24(32(25,36)37)15-6-8-19(34)20(35)13-15/h6-11,13-14,24-25H,4-5,12H2,1-3H3,(H,40,47)(H,41,46)(H,42,45)(H,43,44)/t24-,25+/m0/s1. The number of anilines is 3. The van der Waals surface area contributed by atoms with Crippen LogP contribution in [0, 0.1) is 17.6 Å². The molecule has 0 aliphatic heterocycles. The predicted molar refractivity (Wildman–Crippen MR) is 184 cm³/mol. The van der Waals surface area contributed by atoms with Crippen molar-refractivity contribution in [3.63, 3.8) is 0 Å². The van der Waals surface area contributed by atoms with Gasteiger partial charge in [-0.1, -0.05) is 40.9 Å². The summed E-state index contributed by atoms with van der Waals surface area (Å²) in [6, 6.07) is 10.7. The summed E-state index contributed by atoms with van der Waals surface area (Å²) in [5, 5.41) is 10.1. The molecule has 48 heavy (non-hydrogen) atoms. The van der Waals surface area contributed by atoms with E-state index in [4.69, 9.17) is 62.7 Å². The van der Waals surface area contributed by atoms with E-state index in [2.05, 4.69) is 21.3 Å². The van der Waals surface area contributed by atoms with Gasteiger partial charge in [-0.05, 0) is 75.2 Å². The van der Waals surface area contributed by atoms with Crippen molar-refractivity contribution in [1.29, 1.82) is 0 Å². The first-order valence-corrected chi connectivity index (χ1v) is 16.3. The fourth-order valence-corrected chi connectivity index (χ4v) is 6.02. The number of hydrogen-bond donors (Lipinski definition) is 4. The molecule has 0 saturated heterocycles. The summed E-state index contributed by atoms with van der Waals surface area (Å²) in [5.41, 5.74) is -1.31. The van der Waals surface area contributed by atoms with E-state index in [0.717, 1.165) is 12.1 Å². The van der Waals surface area contributed by atoms with Crippen LogP contribution in [-0.2, 0) is 14.3 Å². The molecule has 0 bridgehead atoms. The van der Waals surface area contributed by atoms with Crippen molar-refractivity contribution in [3.05, 3.63) is 86.4 Å². The fraction of sp³-hybridized carbons (Fsp3) is 0.312. The number of rotatable bonds is 10. The van der Waals surface area contributed by atoms with E-state index in [1.54, 1.807) is 39.0 Å². The van der Waals surface area contributed by atoms with Gasteiger partial charge in [0.2, 0.25) is 11.8 Å². The van der Waals surface area contributed by atoms with Crippen molar-refractivity contribution in [2.75, 3.05) is 22.5 Å². The number of halogens is 7. The van der Waals surface area contributed by atoms with Gasteiger partial charge in [0.25, 0.3) is 5.91 Å². The second-order valence-corrected chi connectivity index (χ2v) is 14.5. The number of ether oxygens (including phenoxy) is 1. The molecule has 0 heterocycles. The van der Waals surface area contributed by atoms with Gasteiger partial charge in [-0.15, -0.1) is 23.2 Å². The van der Waals surface area contributed by atoms with Crippen LogP contribution in [0.1, 0.15) is 55.5 Å². The summed E-state index contributed by atoms with van der Waals surface area (Å²) in [4.78, 5) is 50.4. The molecule has 256 valence electrons. The van der Waals surface area contributed by atoms with Gasteiger partial charge in [0.15, 0.2) is 5.82 Å². The van der Waals surface area contributed by atoms with Gasteiger partial charge < -0.3 is 26.0 Å². The molecule has 3 aromatic carbocycles. The van der Waals surface area contributed by atoms with Crippen molar-refractivity contribution < 1.29 is 32.7 Å². The Kier molecular flexibility index (Phi) is 11.7. The van der Waals surface area contributed by atoms with Crippen LogP contribution in [0.5, 0.6) is 0 Å². The summed E-state index contributed by atoms with van der Waals surface area (Å²) in [6.07, 6.45) is -0.687. The normalized spacial score (nSPS) is 16.5. The Hall–Kier alpha value is -3.35. The summed E-state index contributed by atoms with van der Waals surface area (Å²) < 4.78 is 33.5. The van der Waals surface area contributed by atoms with Crippen LogP contribution in [0.25, 0.3) is 0 Å². The Morgan fingerprint density at radius 2 is 1.56 bits per heavy atom. The Morgan fingerprint density at radius 1 is 0.875 bits per heavy atom. The largest absolute Gasteiger partial charge is 0.444 e. The molecule has 4 amide bonds. The van der Waals surface area contributed by atoms with Crippen LogP contribution in [0.4, 0.5) is 30.6 Å². The van der Waals surface area contributed by atoms with Crippen molar-refractivity contribution in [1.82, 2.24) is 5.32 Å². The molecule has 1 saturated carbocycles. The SMILES string of the molecule is CC(C)(C)OC(=O)NCCCC(=O)Nc1c(F)ccc(NC(=O)c2cc(NC(=O)[C@H]3[C@H](c4ccc(Cl)c(Cl)c4)C3(Cl)Cl)ccc2Cl)c1F. The number of hydrogen-bond acceptors (Lipinski definition) is 5. The number of amides is 4. The maximum absolute atomic E-state index is 15.3. The molecule has 4 N–H and O–H groups in total. The lowest BCUT2D eigenvalue weighted by Crippen LogP contribution is -2.33. The molecule has 0 spiro atoms. The number of alkyl carbamates (subject to hydrolysis) is 1. The number of nitrogens with one attached hydrogen (secondary N) is 4. The quantitative estimate of drug-likeness (QED) is 0.121. The minimum absolute atomic E-state index is 0.0364. The molecular formula is C32H29Cl5F2N4O5. The van der Waals surface area contributed by atoms with Gasteiger partial charge in [0, 0.05) is 24.6 Å². The van der Waals surface area contributed by atoms with E-state index in [0.29, 0.717) is 10.6 Å². The van der Waals surface area contributed by atoms with E-state index in [9.17, 15) is 23.6 Å². The Bertz CT molecular complexity index is 1770. The zero-order valence-electron chi connectivity index (χ0n) is 25.6. The third kappa shape index (κ3) is 9.21. The van der Waals surface area contributed by atoms with E-state index in [1.165, 1.54) is 18.2 Å². The van der Waals surface area contributed by atoms with Crippen LogP contribution in [0.3, 0.4) is 0 Å². The van der Waals surface area contributed by atoms with Crippen molar-refractivity contribution in [2.24, 2.45) is 5.92 Å². The predicted octanol–water partition coefficient (Wildman–Crippen LogP) is 8.95. The Morgan fingerprint density at radius 3 is 2.23 bits per heavy atom. The molecule has 1 aliphatic carbocycles. The molecule has 1 fully saturated rings. The summed E-state index contributed by atoms with van der Waals surface area (Å²) in [6.45, 7) is 5.18. The molecule has 9 nitrogen and oxygen atoms in total. The topological polar surface area (TPSA) is 126 Å². The van der Waals surface area contributed by atoms with Crippen molar-refractivity contribution in [3.8, 4) is 0 Å². The number of alkyl halides is 2. The van der Waals surface area contributed by atoms with Crippen LogP contribution in [0.2, 0.25) is 15.1 Å². The number of benzene rings is 3. The van der Waals surface area contributed by atoms with Gasteiger partial charge in [-0.3, -0.25) is 14.4 Å². The molecule has 4 rings (SSSR count). The van der Waals surface area contributed by atoms with Gasteiger partial charge in [-0.2, -0.15) is 0 Å². The van der Waals surface area contributed by atoms with Gasteiger partial charge in [-0.25, -0.2) is 13.6 Å². The van der Waals surface area contributed by atoms with E-state index in [1.807, 2.05) is 0 Å². The minimum Gasteiger partial charge on any atom is -0.444 e. The summed E-state index contributed by atoms with van der Waals surface area (Å²) in [5.74, 6) is -5.95. The molecule has 0 aromatic heterocycles. The maximum Gasteiger partial charge on any atom is 0.407 e. The second-order valence-electron chi connectivity index (χ2n) is 11.8. The first-order chi connectivity index (χ1) is 22.4. The van der Waals surface area contributed by atoms with E-state index < -0.39 is 68.6 Å². The van der Waals surface area contributed by atoms with Gasteiger partial charge >= 0.3 is 6.09 Å². The molecule has 0 radical (unpaired) electrons. The molecule has 16 heteroatoms. The molecular weight excluding hydrogens is 736 g/mol. The summed E-state index contributed by atoms with van der Waals surface area (Å²) >= 11 is 31.2. The van der Waals surface area contributed by atoms with Crippen molar-refractivity contribution >= 4 is 98.9 Å². The number of carbonyl (C=O) groups is 4. The highest BCUT2D eigenvalue weighted by atomic mass is 35.5. The highest BCUT2D eigenvalue weighted by molar-refractivity contribution is 6.53. The third-order valence-electron chi connectivity index (χ3n) is 6.97. The molecule has 3 aromatic rings. The van der Waals surface area contributed by atoms with Crippen LogP contribution < -0.4 is 21.3 Å². The van der Waals surface area contributed by atoms with Crippen LogP contribution >= 0.6 is 58.0 Å². The third-order valence-corrected chi connectivity index (χ3v) is 8.98. The number of carbonyl (C=O) groups excluding carboxylic acids is 4. The first-order valence-electron chi connectivity index (χ1n) is 14.4. The molecule has 2 atom stereocenters. The van der Waals surface area contributed by atoms with E-state index in [-0.39, 0.29) is 40.7 Å². The minimum atomic E-state index is -1.43. The Balaban J connectivity index is 1.39. The lowest BCUT2D eigenvalue weighted by atomic mass is 10.1. The zero-order chi connectivity index (χ0) is 35.6. The van der Waals surface area contributed by atoms with Gasteiger partial charge in [0.1, 0.15) is 21.4 Å². The lowest BCUT2D eigenvalue weighted by Gasteiger charge is -2.19. The Labute approximate surface area is 299 Å². The maximum atomic E-state index is 15.3. The zero-order valence-corrected chi connectivity index (χ0v) is 29.4. The van der Waals surface area contributed by atoms with Crippen LogP contribution in [0.15, 0.2) is 48.5 Å². The summed E-state index contributed by atoms with van der Waals surface area (Å²) in [7, 11) is 0.